The first-order chi connectivity index (χ1) is 12.1. The summed E-state index contributed by atoms with van der Waals surface area (Å²) in [6, 6.07) is 11.4. The Kier molecular flexibility index (Phi) is 5.71. The molecule has 1 heterocycles. The van der Waals surface area contributed by atoms with Gasteiger partial charge >= 0.3 is 0 Å². The van der Waals surface area contributed by atoms with Crippen LogP contribution in [0, 0.1) is 11.7 Å². The molecule has 0 saturated carbocycles. The van der Waals surface area contributed by atoms with Gasteiger partial charge in [-0.1, -0.05) is 23.7 Å². The van der Waals surface area contributed by atoms with Crippen LogP contribution >= 0.6 is 11.6 Å². The number of carbonyl (C=O) groups is 1. The van der Waals surface area contributed by atoms with Gasteiger partial charge in [-0.15, -0.1) is 0 Å². The molecule has 1 aliphatic heterocycles. The number of aliphatic hydroxyl groups excluding tert-OH is 1. The summed E-state index contributed by atoms with van der Waals surface area (Å²) in [5.74, 6) is 0.116. The number of hydrogen-bond donors (Lipinski definition) is 1. The van der Waals surface area contributed by atoms with Crippen LogP contribution in [0.3, 0.4) is 0 Å². The maximum atomic E-state index is 13.5. The summed E-state index contributed by atoms with van der Waals surface area (Å²) in [4.78, 5) is 14.6. The zero-order valence-corrected chi connectivity index (χ0v) is 14.7. The molecule has 0 unspecified atom stereocenters. The van der Waals surface area contributed by atoms with E-state index in [0.29, 0.717) is 35.2 Å². The van der Waals surface area contributed by atoms with Crippen molar-refractivity contribution < 1.29 is 14.3 Å². The zero-order valence-electron chi connectivity index (χ0n) is 13.9. The first-order valence-electron chi connectivity index (χ1n) is 8.54. The van der Waals surface area contributed by atoms with Gasteiger partial charge in [0.05, 0.1) is 0 Å². The van der Waals surface area contributed by atoms with E-state index in [2.05, 4.69) is 0 Å². The van der Waals surface area contributed by atoms with Crippen LogP contribution in [0.1, 0.15) is 29.6 Å². The molecule has 1 aliphatic rings. The lowest BCUT2D eigenvalue weighted by atomic mass is 9.93. The van der Waals surface area contributed by atoms with Crippen molar-refractivity contribution in [1.29, 1.82) is 0 Å². The van der Waals surface area contributed by atoms with Gasteiger partial charge in [0.2, 0.25) is 0 Å². The van der Waals surface area contributed by atoms with Crippen LogP contribution in [0.25, 0.3) is 11.1 Å². The lowest BCUT2D eigenvalue weighted by molar-refractivity contribution is 0.0678. The van der Waals surface area contributed by atoms with Gasteiger partial charge in [-0.05, 0) is 61.1 Å². The summed E-state index contributed by atoms with van der Waals surface area (Å²) >= 11 is 6.17. The van der Waals surface area contributed by atoms with E-state index in [0.717, 1.165) is 24.8 Å². The van der Waals surface area contributed by atoms with Crippen molar-refractivity contribution in [2.24, 2.45) is 5.92 Å². The number of piperidine rings is 1. The average molecular weight is 362 g/mol. The molecular formula is C20H21ClFNO2. The van der Waals surface area contributed by atoms with E-state index in [1.165, 1.54) is 18.2 Å². The number of aliphatic hydroxyl groups is 1. The Hall–Kier alpha value is -1.91. The molecule has 1 N–H and O–H groups in total. The van der Waals surface area contributed by atoms with Gasteiger partial charge in [0.1, 0.15) is 5.82 Å². The van der Waals surface area contributed by atoms with Crippen molar-refractivity contribution in [2.45, 2.75) is 19.3 Å². The van der Waals surface area contributed by atoms with E-state index < -0.39 is 0 Å². The Labute approximate surface area is 152 Å². The van der Waals surface area contributed by atoms with Crippen LogP contribution < -0.4 is 0 Å². The molecule has 5 heteroatoms. The van der Waals surface area contributed by atoms with Crippen LogP contribution in [0.4, 0.5) is 4.39 Å². The molecule has 0 aromatic heterocycles. The second-order valence-corrected chi connectivity index (χ2v) is 6.86. The number of benzene rings is 2. The topological polar surface area (TPSA) is 40.5 Å². The van der Waals surface area contributed by atoms with Gasteiger partial charge in [-0.25, -0.2) is 4.39 Å². The van der Waals surface area contributed by atoms with E-state index in [1.54, 1.807) is 18.2 Å². The minimum Gasteiger partial charge on any atom is -0.396 e. The van der Waals surface area contributed by atoms with Gasteiger partial charge in [-0.2, -0.15) is 0 Å². The zero-order chi connectivity index (χ0) is 17.8. The second-order valence-electron chi connectivity index (χ2n) is 6.45. The molecule has 3 rings (SSSR count). The second kappa shape index (κ2) is 7.98. The third kappa shape index (κ3) is 4.20. The molecule has 2 aromatic rings. The van der Waals surface area contributed by atoms with E-state index in [-0.39, 0.29) is 18.3 Å². The fraction of sp³-hybridized carbons (Fsp3) is 0.350. The highest BCUT2D eigenvalue weighted by Crippen LogP contribution is 2.30. The molecule has 2 aromatic carbocycles. The predicted octanol–water partition coefficient (Wildman–Crippen LogP) is 4.38. The van der Waals surface area contributed by atoms with Crippen molar-refractivity contribution in [3.8, 4) is 11.1 Å². The Balaban J connectivity index is 1.78. The lowest BCUT2D eigenvalue weighted by Gasteiger charge is -2.32. The van der Waals surface area contributed by atoms with Crippen LogP contribution in [0.5, 0.6) is 0 Å². The standard InChI is InChI=1S/C20H21ClFNO2/c21-19-5-4-17(22)13-18(19)15-2-1-3-16(12-15)20(25)23-9-6-14(7-10-23)8-11-24/h1-5,12-14,24H,6-11H2. The van der Waals surface area contributed by atoms with Crippen LogP contribution in [0.15, 0.2) is 42.5 Å². The SMILES string of the molecule is O=C(c1cccc(-c2cc(F)ccc2Cl)c1)N1CCC(CCO)CC1. The highest BCUT2D eigenvalue weighted by atomic mass is 35.5. The fourth-order valence-electron chi connectivity index (χ4n) is 3.33. The summed E-state index contributed by atoms with van der Waals surface area (Å²) in [6.45, 7) is 1.61. The monoisotopic (exact) mass is 361 g/mol. The van der Waals surface area contributed by atoms with Crippen molar-refractivity contribution in [3.63, 3.8) is 0 Å². The molecular weight excluding hydrogens is 341 g/mol. The maximum Gasteiger partial charge on any atom is 0.253 e. The van der Waals surface area contributed by atoms with E-state index in [1.807, 2.05) is 11.0 Å². The molecule has 3 nitrogen and oxygen atoms in total. The minimum atomic E-state index is -0.359. The summed E-state index contributed by atoms with van der Waals surface area (Å²) in [6.07, 6.45) is 2.64. The molecule has 0 radical (unpaired) electrons. The van der Waals surface area contributed by atoms with Crippen LogP contribution in [-0.2, 0) is 0 Å². The Morgan fingerprint density at radius 3 is 2.68 bits per heavy atom. The molecule has 25 heavy (non-hydrogen) atoms. The number of nitrogens with zero attached hydrogens (tertiary/aromatic N) is 1. The summed E-state index contributed by atoms with van der Waals surface area (Å²) in [7, 11) is 0. The molecule has 0 spiro atoms. The molecule has 132 valence electrons. The Morgan fingerprint density at radius 1 is 1.20 bits per heavy atom. The Morgan fingerprint density at radius 2 is 1.96 bits per heavy atom. The number of amides is 1. The first-order valence-corrected chi connectivity index (χ1v) is 8.92. The molecule has 1 amide bonds. The number of hydrogen-bond acceptors (Lipinski definition) is 2. The number of carbonyl (C=O) groups excluding carboxylic acids is 1. The minimum absolute atomic E-state index is 0.0168. The summed E-state index contributed by atoms with van der Waals surface area (Å²) in [5, 5.41) is 9.49. The van der Waals surface area contributed by atoms with Crippen molar-refractivity contribution in [3.05, 3.63) is 58.9 Å². The van der Waals surface area contributed by atoms with Crippen molar-refractivity contribution >= 4 is 17.5 Å². The molecule has 0 aliphatic carbocycles. The third-order valence-electron chi connectivity index (χ3n) is 4.79. The fourth-order valence-corrected chi connectivity index (χ4v) is 3.56. The van der Waals surface area contributed by atoms with E-state index >= 15 is 0 Å². The number of halogens is 2. The summed E-state index contributed by atoms with van der Waals surface area (Å²) < 4.78 is 13.5. The highest BCUT2D eigenvalue weighted by Gasteiger charge is 2.23. The smallest absolute Gasteiger partial charge is 0.253 e. The normalized spacial score (nSPS) is 15.4. The van der Waals surface area contributed by atoms with Gasteiger partial charge in [-0.3, -0.25) is 4.79 Å². The molecule has 0 bridgehead atoms. The summed E-state index contributed by atoms with van der Waals surface area (Å²) in [5.41, 5.74) is 1.89. The highest BCUT2D eigenvalue weighted by molar-refractivity contribution is 6.33. The molecule has 1 saturated heterocycles. The average Bonchev–Trinajstić information content (AvgIpc) is 2.64. The van der Waals surface area contributed by atoms with Crippen molar-refractivity contribution in [1.82, 2.24) is 4.90 Å². The molecule has 0 atom stereocenters. The first kappa shape index (κ1) is 17.9. The predicted molar refractivity (Wildman–Crippen MR) is 97.2 cm³/mol. The van der Waals surface area contributed by atoms with Gasteiger partial charge < -0.3 is 10.0 Å². The quantitative estimate of drug-likeness (QED) is 0.877. The van der Waals surface area contributed by atoms with E-state index in [4.69, 9.17) is 16.7 Å². The lowest BCUT2D eigenvalue weighted by Crippen LogP contribution is -2.38. The third-order valence-corrected chi connectivity index (χ3v) is 5.12. The maximum absolute atomic E-state index is 13.5. The Bertz CT molecular complexity index is 757. The molecule has 1 fully saturated rings. The van der Waals surface area contributed by atoms with Gasteiger partial charge in [0.15, 0.2) is 0 Å². The van der Waals surface area contributed by atoms with Gasteiger partial charge in [0, 0.05) is 35.8 Å². The van der Waals surface area contributed by atoms with E-state index in [9.17, 15) is 9.18 Å². The number of likely N-dealkylation sites (tertiary alicyclic amines) is 1. The number of rotatable bonds is 4. The van der Waals surface area contributed by atoms with Gasteiger partial charge in [0.25, 0.3) is 5.91 Å². The van der Waals surface area contributed by atoms with Crippen molar-refractivity contribution in [2.75, 3.05) is 19.7 Å². The largest absolute Gasteiger partial charge is 0.396 e. The van der Waals surface area contributed by atoms with Crippen LogP contribution in [-0.4, -0.2) is 35.6 Å². The van der Waals surface area contributed by atoms with Crippen LogP contribution in [0.2, 0.25) is 5.02 Å².